The van der Waals surface area contributed by atoms with E-state index in [4.69, 9.17) is 0 Å². The second-order valence-corrected chi connectivity index (χ2v) is 6.71. The SMILES string of the molecule is CC(C)C1CCN(C(=O)CC2CSCCN2)C1. The Hall–Kier alpha value is -0.220. The number of thioether (sulfide) groups is 1. The van der Waals surface area contributed by atoms with E-state index in [1.54, 1.807) is 0 Å². The number of amides is 1. The minimum absolute atomic E-state index is 0.355. The van der Waals surface area contributed by atoms with E-state index in [-0.39, 0.29) is 0 Å². The zero-order valence-corrected chi connectivity index (χ0v) is 11.8. The Morgan fingerprint density at radius 1 is 1.53 bits per heavy atom. The van der Waals surface area contributed by atoms with Crippen molar-refractivity contribution in [2.24, 2.45) is 11.8 Å². The lowest BCUT2D eigenvalue weighted by Crippen LogP contribution is -2.42. The van der Waals surface area contributed by atoms with Gasteiger partial charge in [-0.15, -0.1) is 0 Å². The summed E-state index contributed by atoms with van der Waals surface area (Å²) in [5, 5.41) is 3.44. The van der Waals surface area contributed by atoms with Crippen LogP contribution in [0.4, 0.5) is 0 Å². The van der Waals surface area contributed by atoms with Crippen LogP contribution in [0.5, 0.6) is 0 Å². The topological polar surface area (TPSA) is 32.3 Å². The summed E-state index contributed by atoms with van der Waals surface area (Å²) in [6, 6.07) is 0.402. The highest BCUT2D eigenvalue weighted by Crippen LogP contribution is 2.24. The molecule has 0 aromatic heterocycles. The van der Waals surface area contributed by atoms with E-state index < -0.39 is 0 Å². The maximum absolute atomic E-state index is 12.2. The van der Waals surface area contributed by atoms with Crippen LogP contribution in [-0.2, 0) is 4.79 Å². The fourth-order valence-electron chi connectivity index (χ4n) is 2.65. The molecule has 0 aliphatic carbocycles. The Morgan fingerprint density at radius 2 is 2.35 bits per heavy atom. The summed E-state index contributed by atoms with van der Waals surface area (Å²) >= 11 is 1.96. The third-order valence-electron chi connectivity index (χ3n) is 3.94. The molecule has 98 valence electrons. The lowest BCUT2D eigenvalue weighted by atomic mass is 9.95. The number of hydrogen-bond acceptors (Lipinski definition) is 3. The first-order valence-electron chi connectivity index (χ1n) is 6.75. The van der Waals surface area contributed by atoms with Crippen LogP contribution in [-0.4, -0.2) is 48.0 Å². The van der Waals surface area contributed by atoms with Gasteiger partial charge in [-0.3, -0.25) is 4.79 Å². The standard InChI is InChI=1S/C13H24N2OS/c1-10(2)11-3-5-15(8-11)13(16)7-12-9-17-6-4-14-12/h10-12,14H,3-9H2,1-2H3. The quantitative estimate of drug-likeness (QED) is 0.832. The number of hydrogen-bond donors (Lipinski definition) is 1. The summed E-state index contributed by atoms with van der Waals surface area (Å²) < 4.78 is 0. The monoisotopic (exact) mass is 256 g/mol. The fourth-order valence-corrected chi connectivity index (χ4v) is 3.60. The van der Waals surface area contributed by atoms with Crippen molar-refractivity contribution in [3.63, 3.8) is 0 Å². The maximum Gasteiger partial charge on any atom is 0.224 e. The molecule has 1 amide bonds. The van der Waals surface area contributed by atoms with Crippen LogP contribution in [0.1, 0.15) is 26.7 Å². The normalized spacial score (nSPS) is 29.9. The average Bonchev–Trinajstić information content (AvgIpc) is 2.79. The van der Waals surface area contributed by atoms with Crippen LogP contribution in [0.15, 0.2) is 0 Å². The van der Waals surface area contributed by atoms with E-state index in [1.807, 2.05) is 11.8 Å². The molecule has 0 aromatic carbocycles. The molecule has 4 heteroatoms. The zero-order valence-electron chi connectivity index (χ0n) is 10.9. The van der Waals surface area contributed by atoms with Gasteiger partial charge in [0.15, 0.2) is 0 Å². The minimum atomic E-state index is 0.355. The van der Waals surface area contributed by atoms with Crippen LogP contribution < -0.4 is 5.32 Å². The van der Waals surface area contributed by atoms with E-state index in [0.29, 0.717) is 30.2 Å². The number of nitrogens with zero attached hydrogens (tertiary/aromatic N) is 1. The van der Waals surface area contributed by atoms with E-state index >= 15 is 0 Å². The van der Waals surface area contributed by atoms with Crippen LogP contribution in [0.25, 0.3) is 0 Å². The third kappa shape index (κ3) is 3.62. The van der Waals surface area contributed by atoms with Gasteiger partial charge < -0.3 is 10.2 Å². The van der Waals surface area contributed by atoms with Gasteiger partial charge in [0.1, 0.15) is 0 Å². The highest BCUT2D eigenvalue weighted by atomic mass is 32.2. The molecule has 2 aliphatic rings. The second-order valence-electron chi connectivity index (χ2n) is 5.56. The predicted molar refractivity (Wildman–Crippen MR) is 73.3 cm³/mol. The highest BCUT2D eigenvalue weighted by molar-refractivity contribution is 7.99. The van der Waals surface area contributed by atoms with Gasteiger partial charge in [0.2, 0.25) is 5.91 Å². The van der Waals surface area contributed by atoms with Crippen molar-refractivity contribution in [2.75, 3.05) is 31.1 Å². The summed E-state index contributed by atoms with van der Waals surface area (Å²) in [5.74, 6) is 4.05. The van der Waals surface area contributed by atoms with Crippen molar-refractivity contribution >= 4 is 17.7 Å². The van der Waals surface area contributed by atoms with Crippen molar-refractivity contribution < 1.29 is 4.79 Å². The zero-order chi connectivity index (χ0) is 12.3. The van der Waals surface area contributed by atoms with Gasteiger partial charge in [-0.1, -0.05) is 13.8 Å². The Kier molecular flexibility index (Phi) is 4.74. The molecule has 2 atom stereocenters. The molecule has 0 spiro atoms. The van der Waals surface area contributed by atoms with Crippen molar-refractivity contribution in [2.45, 2.75) is 32.7 Å². The van der Waals surface area contributed by atoms with Crippen molar-refractivity contribution in [1.29, 1.82) is 0 Å². The first kappa shape index (κ1) is 13.2. The summed E-state index contributed by atoms with van der Waals surface area (Å²) in [5.41, 5.74) is 0. The van der Waals surface area contributed by atoms with Crippen LogP contribution >= 0.6 is 11.8 Å². The molecule has 0 bridgehead atoms. The Morgan fingerprint density at radius 3 is 2.94 bits per heavy atom. The second kappa shape index (κ2) is 6.10. The van der Waals surface area contributed by atoms with Gasteiger partial charge >= 0.3 is 0 Å². The van der Waals surface area contributed by atoms with Gasteiger partial charge in [0.25, 0.3) is 0 Å². The summed E-state index contributed by atoms with van der Waals surface area (Å²) in [6.07, 6.45) is 1.88. The van der Waals surface area contributed by atoms with Gasteiger partial charge in [0.05, 0.1) is 0 Å². The van der Waals surface area contributed by atoms with Crippen LogP contribution in [0, 0.1) is 11.8 Å². The smallest absolute Gasteiger partial charge is 0.224 e. The Balaban J connectivity index is 1.76. The molecule has 2 heterocycles. The fraction of sp³-hybridized carbons (Fsp3) is 0.923. The van der Waals surface area contributed by atoms with Crippen molar-refractivity contribution in [1.82, 2.24) is 10.2 Å². The largest absolute Gasteiger partial charge is 0.342 e. The molecule has 1 N–H and O–H groups in total. The molecule has 2 fully saturated rings. The van der Waals surface area contributed by atoms with E-state index in [2.05, 4.69) is 24.1 Å². The van der Waals surface area contributed by atoms with Crippen LogP contribution in [0.3, 0.4) is 0 Å². The number of likely N-dealkylation sites (tertiary alicyclic amines) is 1. The Labute approximate surface area is 109 Å². The molecule has 0 radical (unpaired) electrons. The molecule has 17 heavy (non-hydrogen) atoms. The first-order valence-corrected chi connectivity index (χ1v) is 7.91. The predicted octanol–water partition coefficient (Wildman–Crippen LogP) is 1.59. The number of nitrogens with one attached hydrogen (secondary N) is 1. The van der Waals surface area contributed by atoms with Gasteiger partial charge in [0, 0.05) is 43.6 Å². The summed E-state index contributed by atoms with van der Waals surface area (Å²) in [6.45, 7) is 7.53. The Bertz CT molecular complexity index is 264. The minimum Gasteiger partial charge on any atom is -0.342 e. The first-order chi connectivity index (χ1) is 8.16. The molecule has 2 saturated heterocycles. The summed E-state index contributed by atoms with van der Waals surface area (Å²) in [4.78, 5) is 14.2. The lowest BCUT2D eigenvalue weighted by Gasteiger charge is -2.25. The molecular formula is C13H24N2OS. The maximum atomic E-state index is 12.2. The molecular weight excluding hydrogens is 232 g/mol. The number of rotatable bonds is 3. The number of carbonyl (C=O) groups is 1. The van der Waals surface area contributed by atoms with Gasteiger partial charge in [-0.05, 0) is 18.3 Å². The van der Waals surface area contributed by atoms with E-state index in [1.165, 1.54) is 12.2 Å². The van der Waals surface area contributed by atoms with Gasteiger partial charge in [-0.2, -0.15) is 11.8 Å². The number of carbonyl (C=O) groups excluding carboxylic acids is 1. The molecule has 2 rings (SSSR count). The van der Waals surface area contributed by atoms with E-state index in [0.717, 1.165) is 25.4 Å². The van der Waals surface area contributed by atoms with Gasteiger partial charge in [-0.25, -0.2) is 0 Å². The molecule has 0 saturated carbocycles. The molecule has 2 unspecified atom stereocenters. The van der Waals surface area contributed by atoms with Crippen molar-refractivity contribution in [3.8, 4) is 0 Å². The molecule has 0 aromatic rings. The third-order valence-corrected chi connectivity index (χ3v) is 5.07. The van der Waals surface area contributed by atoms with E-state index in [9.17, 15) is 4.79 Å². The molecule has 2 aliphatic heterocycles. The van der Waals surface area contributed by atoms with Crippen LogP contribution in [0.2, 0.25) is 0 Å². The molecule has 3 nitrogen and oxygen atoms in total. The highest BCUT2D eigenvalue weighted by Gasteiger charge is 2.29. The lowest BCUT2D eigenvalue weighted by molar-refractivity contribution is -0.130. The van der Waals surface area contributed by atoms with Crippen molar-refractivity contribution in [3.05, 3.63) is 0 Å². The summed E-state index contributed by atoms with van der Waals surface area (Å²) in [7, 11) is 0. The average molecular weight is 256 g/mol.